The van der Waals surface area contributed by atoms with Crippen LogP contribution in [0, 0.1) is 29.6 Å². The van der Waals surface area contributed by atoms with Gasteiger partial charge in [0, 0.05) is 6.61 Å². The van der Waals surface area contributed by atoms with Crippen LogP contribution < -0.4 is 0 Å². The summed E-state index contributed by atoms with van der Waals surface area (Å²) in [6.45, 7) is 8.17. The van der Waals surface area contributed by atoms with Gasteiger partial charge in [-0.05, 0) is 43.4 Å². The van der Waals surface area contributed by atoms with E-state index in [2.05, 4.69) is 13.8 Å². The number of hydrogen-bond donors (Lipinski definition) is 0. The molecule has 98 valence electrons. The van der Waals surface area contributed by atoms with Gasteiger partial charge in [0.25, 0.3) is 0 Å². The highest BCUT2D eigenvalue weighted by atomic mass is 16.6. The lowest BCUT2D eigenvalue weighted by Gasteiger charge is -2.30. The van der Waals surface area contributed by atoms with Gasteiger partial charge in [-0.1, -0.05) is 13.8 Å². The van der Waals surface area contributed by atoms with Gasteiger partial charge in [0.15, 0.2) is 0 Å². The first-order chi connectivity index (χ1) is 8.15. The molecule has 2 fully saturated rings. The standard InChI is InChI=1S/C14H24O3/c1-4-16-5-6-17-14(15)13-8-11-7-12(13)10(3)9(11)2/h9-13H,4-8H2,1-3H3. The van der Waals surface area contributed by atoms with Crippen LogP contribution in [0.3, 0.4) is 0 Å². The number of rotatable bonds is 5. The zero-order valence-corrected chi connectivity index (χ0v) is 11.1. The summed E-state index contributed by atoms with van der Waals surface area (Å²) in [5.41, 5.74) is 0. The van der Waals surface area contributed by atoms with E-state index in [9.17, 15) is 4.79 Å². The SMILES string of the molecule is CCOCCOC(=O)C1CC2CC1C(C)C2C. The smallest absolute Gasteiger partial charge is 0.309 e. The van der Waals surface area contributed by atoms with Gasteiger partial charge in [-0.25, -0.2) is 0 Å². The third-order valence-corrected chi connectivity index (χ3v) is 4.88. The maximum absolute atomic E-state index is 12.0. The lowest BCUT2D eigenvalue weighted by molar-refractivity contribution is -0.153. The topological polar surface area (TPSA) is 35.5 Å². The van der Waals surface area contributed by atoms with Crippen molar-refractivity contribution in [3.05, 3.63) is 0 Å². The number of carbonyl (C=O) groups excluding carboxylic acids is 1. The fourth-order valence-electron chi connectivity index (χ4n) is 3.66. The molecule has 0 N–H and O–H groups in total. The van der Waals surface area contributed by atoms with E-state index < -0.39 is 0 Å². The van der Waals surface area contributed by atoms with E-state index in [1.807, 2.05) is 6.92 Å². The van der Waals surface area contributed by atoms with Crippen LogP contribution in [0.4, 0.5) is 0 Å². The van der Waals surface area contributed by atoms with Crippen molar-refractivity contribution in [2.75, 3.05) is 19.8 Å². The molecule has 17 heavy (non-hydrogen) atoms. The first-order valence-corrected chi connectivity index (χ1v) is 6.89. The zero-order chi connectivity index (χ0) is 12.4. The molecule has 5 atom stereocenters. The molecule has 3 nitrogen and oxygen atoms in total. The molecule has 0 heterocycles. The number of ether oxygens (including phenoxy) is 2. The molecule has 2 saturated carbocycles. The molecule has 0 aromatic rings. The average Bonchev–Trinajstić information content (AvgIpc) is 2.86. The van der Waals surface area contributed by atoms with Crippen molar-refractivity contribution in [3.8, 4) is 0 Å². The minimum Gasteiger partial charge on any atom is -0.463 e. The summed E-state index contributed by atoms with van der Waals surface area (Å²) in [7, 11) is 0. The Bertz CT molecular complexity index is 275. The molecule has 0 spiro atoms. The van der Waals surface area contributed by atoms with Crippen LogP contribution in [0.25, 0.3) is 0 Å². The van der Waals surface area contributed by atoms with Crippen LogP contribution in [0.1, 0.15) is 33.6 Å². The summed E-state index contributed by atoms with van der Waals surface area (Å²) in [5, 5.41) is 0. The van der Waals surface area contributed by atoms with Gasteiger partial charge in [-0.2, -0.15) is 0 Å². The summed E-state index contributed by atoms with van der Waals surface area (Å²) in [6, 6.07) is 0. The van der Waals surface area contributed by atoms with E-state index in [1.165, 1.54) is 6.42 Å². The monoisotopic (exact) mass is 240 g/mol. The van der Waals surface area contributed by atoms with Gasteiger partial charge in [-0.15, -0.1) is 0 Å². The molecule has 2 rings (SSSR count). The highest BCUT2D eigenvalue weighted by Crippen LogP contribution is 2.55. The molecule has 2 bridgehead atoms. The van der Waals surface area contributed by atoms with E-state index in [0.717, 1.165) is 18.3 Å². The number of esters is 1. The lowest BCUT2D eigenvalue weighted by atomic mass is 9.76. The molecular formula is C14H24O3. The molecule has 0 radical (unpaired) electrons. The van der Waals surface area contributed by atoms with E-state index in [-0.39, 0.29) is 11.9 Å². The molecular weight excluding hydrogens is 216 g/mol. The Morgan fingerprint density at radius 2 is 1.94 bits per heavy atom. The largest absolute Gasteiger partial charge is 0.463 e. The molecule has 0 amide bonds. The molecule has 0 aromatic heterocycles. The summed E-state index contributed by atoms with van der Waals surface area (Å²) in [6.07, 6.45) is 2.28. The molecule has 0 saturated heterocycles. The van der Waals surface area contributed by atoms with Gasteiger partial charge >= 0.3 is 5.97 Å². The third-order valence-electron chi connectivity index (χ3n) is 4.88. The Morgan fingerprint density at radius 3 is 2.53 bits per heavy atom. The Morgan fingerprint density at radius 1 is 1.18 bits per heavy atom. The van der Waals surface area contributed by atoms with Crippen molar-refractivity contribution in [2.45, 2.75) is 33.6 Å². The van der Waals surface area contributed by atoms with E-state index in [1.54, 1.807) is 0 Å². The number of hydrogen-bond acceptors (Lipinski definition) is 3. The van der Waals surface area contributed by atoms with Gasteiger partial charge < -0.3 is 9.47 Å². The summed E-state index contributed by atoms with van der Waals surface area (Å²) in [5.74, 6) is 2.95. The second kappa shape index (κ2) is 5.38. The van der Waals surface area contributed by atoms with Crippen molar-refractivity contribution in [2.24, 2.45) is 29.6 Å². The van der Waals surface area contributed by atoms with Gasteiger partial charge in [0.05, 0.1) is 12.5 Å². The lowest BCUT2D eigenvalue weighted by Crippen LogP contribution is -2.31. The first kappa shape index (κ1) is 12.9. The van der Waals surface area contributed by atoms with Crippen molar-refractivity contribution in [1.29, 1.82) is 0 Å². The zero-order valence-electron chi connectivity index (χ0n) is 11.1. The maximum Gasteiger partial charge on any atom is 0.309 e. The Labute approximate surface area is 104 Å². The molecule has 2 aliphatic rings. The minimum atomic E-state index is 0.0101. The second-order valence-corrected chi connectivity index (χ2v) is 5.58. The van der Waals surface area contributed by atoms with Crippen molar-refractivity contribution >= 4 is 5.97 Å². The molecule has 0 aromatic carbocycles. The molecule has 2 aliphatic carbocycles. The fraction of sp³-hybridized carbons (Fsp3) is 0.929. The highest BCUT2D eigenvalue weighted by Gasteiger charge is 2.51. The quantitative estimate of drug-likeness (QED) is 0.547. The third kappa shape index (κ3) is 2.49. The predicted molar refractivity (Wildman–Crippen MR) is 65.5 cm³/mol. The van der Waals surface area contributed by atoms with Crippen LogP contribution in [-0.4, -0.2) is 25.8 Å². The molecule has 3 heteroatoms. The van der Waals surface area contributed by atoms with Gasteiger partial charge in [0.1, 0.15) is 6.61 Å². The van der Waals surface area contributed by atoms with E-state index in [0.29, 0.717) is 31.7 Å². The Hall–Kier alpha value is -0.570. The fourth-order valence-corrected chi connectivity index (χ4v) is 3.66. The average molecular weight is 240 g/mol. The van der Waals surface area contributed by atoms with E-state index >= 15 is 0 Å². The molecule has 0 aliphatic heterocycles. The van der Waals surface area contributed by atoms with Crippen LogP contribution >= 0.6 is 0 Å². The van der Waals surface area contributed by atoms with Crippen LogP contribution in [-0.2, 0) is 14.3 Å². The van der Waals surface area contributed by atoms with Gasteiger partial charge in [-0.3, -0.25) is 4.79 Å². The van der Waals surface area contributed by atoms with Crippen molar-refractivity contribution in [3.63, 3.8) is 0 Å². The van der Waals surface area contributed by atoms with Crippen LogP contribution in [0.5, 0.6) is 0 Å². The van der Waals surface area contributed by atoms with Crippen molar-refractivity contribution < 1.29 is 14.3 Å². The maximum atomic E-state index is 12.0. The Balaban J connectivity index is 1.78. The normalized spacial score (nSPS) is 39.6. The Kier molecular flexibility index (Phi) is 4.08. The van der Waals surface area contributed by atoms with Crippen LogP contribution in [0.2, 0.25) is 0 Å². The summed E-state index contributed by atoms with van der Waals surface area (Å²) in [4.78, 5) is 12.0. The minimum absolute atomic E-state index is 0.0101. The predicted octanol–water partition coefficient (Wildman–Crippen LogP) is 2.49. The summed E-state index contributed by atoms with van der Waals surface area (Å²) < 4.78 is 10.5. The van der Waals surface area contributed by atoms with E-state index in [4.69, 9.17) is 9.47 Å². The highest BCUT2D eigenvalue weighted by molar-refractivity contribution is 5.73. The van der Waals surface area contributed by atoms with Gasteiger partial charge in [0.2, 0.25) is 0 Å². The first-order valence-electron chi connectivity index (χ1n) is 6.89. The second-order valence-electron chi connectivity index (χ2n) is 5.58. The van der Waals surface area contributed by atoms with Crippen molar-refractivity contribution in [1.82, 2.24) is 0 Å². The molecule has 5 unspecified atom stereocenters. The number of fused-ring (bicyclic) bond motifs is 2. The van der Waals surface area contributed by atoms with Crippen LogP contribution in [0.15, 0.2) is 0 Å². The summed E-state index contributed by atoms with van der Waals surface area (Å²) >= 11 is 0. The number of carbonyl (C=O) groups is 1.